The third-order valence-electron chi connectivity index (χ3n) is 3.49. The van der Waals surface area contributed by atoms with Crippen LogP contribution in [0.3, 0.4) is 0 Å². The van der Waals surface area contributed by atoms with Gasteiger partial charge in [0, 0.05) is 16.7 Å². The highest BCUT2D eigenvalue weighted by atomic mass is 79.9. The number of hydrogen-bond acceptors (Lipinski definition) is 2. The molecule has 0 saturated carbocycles. The second kappa shape index (κ2) is 5.67. The van der Waals surface area contributed by atoms with Crippen LogP contribution in [0.15, 0.2) is 16.7 Å². The van der Waals surface area contributed by atoms with Crippen LogP contribution in [-0.4, -0.2) is 40.7 Å². The average Bonchev–Trinajstić information content (AvgIpc) is 2.71. The molecule has 2 atom stereocenters. The van der Waals surface area contributed by atoms with Crippen LogP contribution < -0.4 is 0 Å². The van der Waals surface area contributed by atoms with Gasteiger partial charge < -0.3 is 14.2 Å². The predicted molar refractivity (Wildman–Crippen MR) is 78.4 cm³/mol. The zero-order valence-corrected chi connectivity index (χ0v) is 13.5. The second-order valence-corrected chi connectivity index (χ2v) is 6.41. The summed E-state index contributed by atoms with van der Waals surface area (Å²) in [7, 11) is 0. The first-order valence-corrected chi connectivity index (χ1v) is 7.49. The van der Waals surface area contributed by atoms with Crippen LogP contribution in [0, 0.1) is 0 Å². The smallest absolute Gasteiger partial charge is 0.271 e. The summed E-state index contributed by atoms with van der Waals surface area (Å²) in [4.78, 5) is 14.7. The zero-order chi connectivity index (χ0) is 14.2. The minimum absolute atomic E-state index is 0.0858. The van der Waals surface area contributed by atoms with E-state index in [1.54, 1.807) is 0 Å². The quantitative estimate of drug-likeness (QED) is 0.836. The summed E-state index contributed by atoms with van der Waals surface area (Å²) in [5.41, 5.74) is 0.738. The van der Waals surface area contributed by atoms with Gasteiger partial charge in [0.25, 0.3) is 5.91 Å². The van der Waals surface area contributed by atoms with E-state index in [1.165, 1.54) is 0 Å². The van der Waals surface area contributed by atoms with Crippen molar-refractivity contribution in [3.8, 4) is 0 Å². The number of carbonyl (C=O) groups excluding carboxylic acids is 1. The standard InChI is InChI=1S/C14H21BrN2O2/c1-9(2)16-6-12(15)5-13(16)14(18)17-10(3)7-19-8-11(17)4/h5-6,9-11H,7-8H2,1-4H3. The molecule has 0 spiro atoms. The van der Waals surface area contributed by atoms with Gasteiger partial charge in [-0.05, 0) is 49.7 Å². The van der Waals surface area contributed by atoms with Crippen LogP contribution in [0.5, 0.6) is 0 Å². The summed E-state index contributed by atoms with van der Waals surface area (Å²) in [6, 6.07) is 2.39. The molecule has 1 amide bonds. The monoisotopic (exact) mass is 328 g/mol. The Bertz CT molecular complexity index is 460. The molecule has 0 aromatic carbocycles. The van der Waals surface area contributed by atoms with Crippen LogP contribution in [-0.2, 0) is 4.74 Å². The maximum atomic E-state index is 12.8. The van der Waals surface area contributed by atoms with Crippen molar-refractivity contribution in [3.63, 3.8) is 0 Å². The van der Waals surface area contributed by atoms with Crippen LogP contribution in [0.1, 0.15) is 44.2 Å². The van der Waals surface area contributed by atoms with E-state index in [4.69, 9.17) is 4.74 Å². The molecule has 2 heterocycles. The number of halogens is 1. The second-order valence-electron chi connectivity index (χ2n) is 5.49. The molecule has 1 aromatic rings. The van der Waals surface area contributed by atoms with Gasteiger partial charge in [-0.2, -0.15) is 0 Å². The van der Waals surface area contributed by atoms with Crippen molar-refractivity contribution in [1.29, 1.82) is 0 Å². The Kier molecular flexibility index (Phi) is 4.36. The van der Waals surface area contributed by atoms with Gasteiger partial charge in [0.15, 0.2) is 0 Å². The predicted octanol–water partition coefficient (Wildman–Crippen LogP) is 3.08. The van der Waals surface area contributed by atoms with E-state index in [1.807, 2.05) is 35.6 Å². The molecular weight excluding hydrogens is 308 g/mol. The average molecular weight is 329 g/mol. The summed E-state index contributed by atoms with van der Waals surface area (Å²) < 4.78 is 8.44. The van der Waals surface area contributed by atoms with Gasteiger partial charge in [0.05, 0.1) is 25.3 Å². The van der Waals surface area contributed by atoms with Crippen LogP contribution in [0.4, 0.5) is 0 Å². The molecule has 0 N–H and O–H groups in total. The maximum Gasteiger partial charge on any atom is 0.271 e. The van der Waals surface area contributed by atoms with Crippen molar-refractivity contribution in [1.82, 2.24) is 9.47 Å². The highest BCUT2D eigenvalue weighted by Crippen LogP contribution is 2.23. The fourth-order valence-corrected chi connectivity index (χ4v) is 3.02. The zero-order valence-electron chi connectivity index (χ0n) is 11.9. The summed E-state index contributed by atoms with van der Waals surface area (Å²) in [5.74, 6) is 0.0858. The number of amides is 1. The topological polar surface area (TPSA) is 34.5 Å². The minimum Gasteiger partial charge on any atom is -0.377 e. The van der Waals surface area contributed by atoms with Gasteiger partial charge in [-0.15, -0.1) is 0 Å². The lowest BCUT2D eigenvalue weighted by molar-refractivity contribution is -0.0254. The first kappa shape index (κ1) is 14.6. The number of carbonyl (C=O) groups is 1. The lowest BCUT2D eigenvalue weighted by Gasteiger charge is -2.39. The normalized spacial score (nSPS) is 24.0. The molecule has 1 aliphatic heterocycles. The molecular formula is C14H21BrN2O2. The molecule has 1 fully saturated rings. The van der Waals surface area contributed by atoms with E-state index >= 15 is 0 Å². The Hall–Kier alpha value is -0.810. The molecule has 5 heteroatoms. The number of nitrogens with zero attached hydrogens (tertiary/aromatic N) is 2. The SMILES string of the molecule is CC1COCC(C)N1C(=O)c1cc(Br)cn1C(C)C. The van der Waals surface area contributed by atoms with E-state index in [2.05, 4.69) is 29.8 Å². The Morgan fingerprint density at radius 1 is 1.37 bits per heavy atom. The summed E-state index contributed by atoms with van der Waals surface area (Å²) in [6.07, 6.45) is 1.97. The van der Waals surface area contributed by atoms with Crippen molar-refractivity contribution < 1.29 is 9.53 Å². The maximum absolute atomic E-state index is 12.8. The lowest BCUT2D eigenvalue weighted by atomic mass is 10.1. The van der Waals surface area contributed by atoms with Crippen molar-refractivity contribution in [2.75, 3.05) is 13.2 Å². The molecule has 0 bridgehead atoms. The van der Waals surface area contributed by atoms with Gasteiger partial charge in [-0.25, -0.2) is 0 Å². The Labute approximate surface area is 122 Å². The van der Waals surface area contributed by atoms with E-state index in [9.17, 15) is 4.79 Å². The van der Waals surface area contributed by atoms with Gasteiger partial charge in [0.2, 0.25) is 0 Å². The summed E-state index contributed by atoms with van der Waals surface area (Å²) in [5, 5.41) is 0. The van der Waals surface area contributed by atoms with Crippen molar-refractivity contribution in [2.45, 2.75) is 45.8 Å². The minimum atomic E-state index is 0.0858. The van der Waals surface area contributed by atoms with Gasteiger partial charge in [-0.1, -0.05) is 0 Å². The Balaban J connectivity index is 2.33. The Morgan fingerprint density at radius 3 is 2.47 bits per heavy atom. The molecule has 2 rings (SSSR count). The Morgan fingerprint density at radius 2 is 1.95 bits per heavy atom. The number of morpholine rings is 1. The van der Waals surface area contributed by atoms with Crippen LogP contribution in [0.2, 0.25) is 0 Å². The van der Waals surface area contributed by atoms with E-state index in [0.717, 1.165) is 10.2 Å². The molecule has 1 aliphatic rings. The van der Waals surface area contributed by atoms with Crippen molar-refractivity contribution in [3.05, 3.63) is 22.4 Å². The number of hydrogen-bond donors (Lipinski definition) is 0. The molecule has 0 aliphatic carbocycles. The molecule has 1 saturated heterocycles. The highest BCUT2D eigenvalue weighted by Gasteiger charge is 2.32. The molecule has 2 unspecified atom stereocenters. The van der Waals surface area contributed by atoms with E-state index < -0.39 is 0 Å². The fraction of sp³-hybridized carbons (Fsp3) is 0.643. The van der Waals surface area contributed by atoms with E-state index in [-0.39, 0.29) is 24.0 Å². The van der Waals surface area contributed by atoms with Crippen LogP contribution >= 0.6 is 15.9 Å². The van der Waals surface area contributed by atoms with Gasteiger partial charge in [0.1, 0.15) is 5.69 Å². The van der Waals surface area contributed by atoms with Crippen LogP contribution in [0.25, 0.3) is 0 Å². The molecule has 4 nitrogen and oxygen atoms in total. The molecule has 0 radical (unpaired) electrons. The lowest BCUT2D eigenvalue weighted by Crippen LogP contribution is -2.52. The first-order chi connectivity index (χ1) is 8.91. The van der Waals surface area contributed by atoms with Crippen molar-refractivity contribution >= 4 is 21.8 Å². The van der Waals surface area contributed by atoms with Gasteiger partial charge in [-0.3, -0.25) is 4.79 Å². The largest absolute Gasteiger partial charge is 0.377 e. The van der Waals surface area contributed by atoms with Gasteiger partial charge >= 0.3 is 0 Å². The summed E-state index contributed by atoms with van der Waals surface area (Å²) >= 11 is 3.46. The van der Waals surface area contributed by atoms with E-state index in [0.29, 0.717) is 13.2 Å². The third-order valence-corrected chi connectivity index (χ3v) is 3.93. The van der Waals surface area contributed by atoms with Crippen molar-refractivity contribution in [2.24, 2.45) is 0 Å². The summed E-state index contributed by atoms with van der Waals surface area (Å²) in [6.45, 7) is 9.45. The number of ether oxygens (including phenoxy) is 1. The molecule has 1 aromatic heterocycles. The fourth-order valence-electron chi connectivity index (χ4n) is 2.58. The highest BCUT2D eigenvalue weighted by molar-refractivity contribution is 9.10. The molecule has 106 valence electrons. The first-order valence-electron chi connectivity index (χ1n) is 6.69. The third kappa shape index (κ3) is 2.87. The molecule has 19 heavy (non-hydrogen) atoms. The number of aromatic nitrogens is 1. The number of rotatable bonds is 2.